The summed E-state index contributed by atoms with van der Waals surface area (Å²) in [5.41, 5.74) is 2.72. The van der Waals surface area contributed by atoms with Crippen LogP contribution in [0.1, 0.15) is 43.0 Å². The first-order valence-corrected chi connectivity index (χ1v) is 20.8. The van der Waals surface area contributed by atoms with Gasteiger partial charge in [0.15, 0.2) is 6.61 Å². The van der Waals surface area contributed by atoms with Crippen LogP contribution in [-0.2, 0) is 36.5 Å². The predicted molar refractivity (Wildman–Crippen MR) is 214 cm³/mol. The van der Waals surface area contributed by atoms with Gasteiger partial charge in [-0.1, -0.05) is 17.7 Å². The topological polar surface area (TPSA) is 123 Å². The van der Waals surface area contributed by atoms with E-state index in [-0.39, 0.29) is 11.5 Å². The molecule has 2 heterocycles. The highest BCUT2D eigenvalue weighted by molar-refractivity contribution is 8.33. The molecular weight excluding hydrogens is 749 g/mol. The summed E-state index contributed by atoms with van der Waals surface area (Å²) < 4.78 is 59.2. The van der Waals surface area contributed by atoms with Gasteiger partial charge in [-0.25, -0.2) is 8.42 Å². The van der Waals surface area contributed by atoms with Gasteiger partial charge >= 0.3 is 16.1 Å². The van der Waals surface area contributed by atoms with E-state index in [1.165, 1.54) is 0 Å². The van der Waals surface area contributed by atoms with E-state index in [4.69, 9.17) is 22.6 Å². The molecule has 0 aliphatic carbocycles. The monoisotopic (exact) mass is 792 g/mol. The van der Waals surface area contributed by atoms with Gasteiger partial charge in [0.25, 0.3) is 0 Å². The summed E-state index contributed by atoms with van der Waals surface area (Å²) in [6.45, 7) is 9.36. The van der Waals surface area contributed by atoms with Crippen LogP contribution in [0.3, 0.4) is 0 Å². The van der Waals surface area contributed by atoms with Crippen LogP contribution in [-0.4, -0.2) is 36.6 Å². The second-order valence-corrected chi connectivity index (χ2v) is 18.3. The van der Waals surface area contributed by atoms with Crippen LogP contribution in [0.15, 0.2) is 160 Å². The van der Waals surface area contributed by atoms with Crippen molar-refractivity contribution >= 4 is 26.4 Å². The van der Waals surface area contributed by atoms with Crippen LogP contribution >= 0.6 is 10.3 Å². The highest BCUT2D eigenvalue weighted by Gasteiger charge is 2.39. The van der Waals surface area contributed by atoms with E-state index in [0.29, 0.717) is 50.7 Å². The average molecular weight is 793 g/mol. The van der Waals surface area contributed by atoms with Gasteiger partial charge in [0.2, 0.25) is 0 Å². The highest BCUT2D eigenvalue weighted by Crippen LogP contribution is 2.70. The van der Waals surface area contributed by atoms with Crippen LogP contribution in [0.4, 0.5) is 0 Å². The summed E-state index contributed by atoms with van der Waals surface area (Å²) in [4.78, 5) is 22.4. The maximum atomic E-state index is 14.6. The zero-order chi connectivity index (χ0) is 39.8. The molecule has 0 bridgehead atoms. The van der Waals surface area contributed by atoms with Crippen molar-refractivity contribution in [3.05, 3.63) is 162 Å². The molecule has 0 radical (unpaired) electrons. The number of nitrogens with zero attached hydrogens (tertiary/aromatic N) is 2. The molecule has 2 aromatic heterocycles. The second kappa shape index (κ2) is 17.4. The van der Waals surface area contributed by atoms with Crippen molar-refractivity contribution in [2.24, 2.45) is 0 Å². The molecule has 0 amide bonds. The SMILES string of the molecule is Cc1ccc(S(=O)(=O)OS(c2ccc(OCC(=O)OC(C)(C)C)cc2)(c2ccc(OCc3ccncc3)cc2)c2ccc(OCc3ccncc3)cc2)c(C)c1. The van der Waals surface area contributed by atoms with Gasteiger partial charge in [-0.3, -0.25) is 9.97 Å². The lowest BCUT2D eigenvalue weighted by atomic mass is 10.2. The number of rotatable bonds is 15. The fourth-order valence-electron chi connectivity index (χ4n) is 5.76. The Labute approximate surface area is 330 Å². The van der Waals surface area contributed by atoms with E-state index in [0.717, 1.165) is 16.7 Å². The summed E-state index contributed by atoms with van der Waals surface area (Å²) in [6, 6.07) is 34.1. The molecule has 290 valence electrons. The van der Waals surface area contributed by atoms with Gasteiger partial charge in [0.1, 0.15) is 36.1 Å². The van der Waals surface area contributed by atoms with E-state index in [9.17, 15) is 13.2 Å². The summed E-state index contributed by atoms with van der Waals surface area (Å²) in [5.74, 6) is 1.05. The molecule has 10 nitrogen and oxygen atoms in total. The number of ether oxygens (including phenoxy) is 4. The molecular formula is C44H44N2O8S2. The van der Waals surface area contributed by atoms with Crippen molar-refractivity contribution in [2.45, 2.75) is 73.0 Å². The van der Waals surface area contributed by atoms with Gasteiger partial charge in [-0.2, -0.15) is 8.42 Å². The van der Waals surface area contributed by atoms with Crippen molar-refractivity contribution in [1.29, 1.82) is 0 Å². The number of pyridine rings is 2. The van der Waals surface area contributed by atoms with Crippen molar-refractivity contribution < 1.29 is 35.8 Å². The molecule has 12 heteroatoms. The first kappa shape index (κ1) is 40.0. The van der Waals surface area contributed by atoms with Crippen molar-refractivity contribution in [1.82, 2.24) is 9.97 Å². The van der Waals surface area contributed by atoms with Crippen LogP contribution in [0.2, 0.25) is 0 Å². The maximum Gasteiger partial charge on any atom is 0.344 e. The van der Waals surface area contributed by atoms with Gasteiger partial charge in [0, 0.05) is 39.5 Å². The largest absolute Gasteiger partial charge is 0.489 e. The molecule has 0 fully saturated rings. The number of hydrogen-bond acceptors (Lipinski definition) is 10. The van der Waals surface area contributed by atoms with Crippen molar-refractivity contribution in [2.75, 3.05) is 6.61 Å². The second-order valence-electron chi connectivity index (χ2n) is 13.9. The molecule has 0 aliphatic rings. The van der Waals surface area contributed by atoms with Gasteiger partial charge in [-0.15, -0.1) is 0 Å². The lowest BCUT2D eigenvalue weighted by molar-refractivity contribution is -0.157. The third-order valence-corrected chi connectivity index (χ3v) is 13.7. The van der Waals surface area contributed by atoms with E-state index in [1.807, 2.05) is 61.5 Å². The van der Waals surface area contributed by atoms with Gasteiger partial charge in [0.05, 0.1) is 4.90 Å². The first-order valence-electron chi connectivity index (χ1n) is 17.9. The minimum Gasteiger partial charge on any atom is -0.489 e. The molecule has 4 aromatic carbocycles. The van der Waals surface area contributed by atoms with Gasteiger partial charge in [-0.05, 0) is 165 Å². The minimum absolute atomic E-state index is 0.0619. The Morgan fingerprint density at radius 1 is 0.589 bits per heavy atom. The number of aromatic nitrogens is 2. The van der Waals surface area contributed by atoms with E-state index >= 15 is 0 Å². The predicted octanol–water partition coefficient (Wildman–Crippen LogP) is 9.57. The van der Waals surface area contributed by atoms with Crippen LogP contribution in [0.5, 0.6) is 17.2 Å². The molecule has 0 aliphatic heterocycles. The summed E-state index contributed by atoms with van der Waals surface area (Å²) in [7, 11) is -7.47. The molecule has 6 rings (SSSR count). The molecule has 0 unspecified atom stereocenters. The van der Waals surface area contributed by atoms with E-state index in [1.54, 1.807) is 113 Å². The zero-order valence-corrected chi connectivity index (χ0v) is 33.5. The van der Waals surface area contributed by atoms with Crippen LogP contribution in [0, 0.1) is 13.8 Å². The minimum atomic E-state index is -4.40. The first-order chi connectivity index (χ1) is 26.8. The molecule has 0 saturated carbocycles. The Balaban J connectivity index is 1.43. The number of aryl methyl sites for hydroxylation is 2. The quantitative estimate of drug-likeness (QED) is 0.0929. The number of benzene rings is 4. The Hall–Kier alpha value is -5.69. The third kappa shape index (κ3) is 10.1. The summed E-state index contributed by atoms with van der Waals surface area (Å²) >= 11 is 0. The Morgan fingerprint density at radius 3 is 1.43 bits per heavy atom. The van der Waals surface area contributed by atoms with Crippen molar-refractivity contribution in [3.8, 4) is 17.2 Å². The third-order valence-electron chi connectivity index (χ3n) is 8.34. The maximum absolute atomic E-state index is 14.6. The molecule has 0 saturated heterocycles. The fourth-order valence-corrected chi connectivity index (χ4v) is 11.1. The van der Waals surface area contributed by atoms with E-state index < -0.39 is 32.0 Å². The lowest BCUT2D eigenvalue weighted by Crippen LogP contribution is -2.27. The Morgan fingerprint density at radius 2 is 1.02 bits per heavy atom. The molecule has 0 spiro atoms. The summed E-state index contributed by atoms with van der Waals surface area (Å²) in [5, 5.41) is 0. The molecule has 6 aromatic rings. The highest BCUT2D eigenvalue weighted by atomic mass is 32.3. The van der Waals surface area contributed by atoms with Gasteiger partial charge < -0.3 is 18.9 Å². The van der Waals surface area contributed by atoms with Crippen molar-refractivity contribution in [3.63, 3.8) is 0 Å². The molecule has 0 atom stereocenters. The Bertz CT molecular complexity index is 2250. The summed E-state index contributed by atoms with van der Waals surface area (Å²) in [6.07, 6.45) is 6.82. The Kier molecular flexibility index (Phi) is 12.4. The standard InChI is InChI=1S/C44H44N2O8S2/c1-32-6-19-42(33(2)28-32)56(48,49)54-55(39-13-7-36(8-14-39)50-29-34-20-24-45-25-21-34,40-15-9-37(10-16-40)51-30-35-22-26-46-27-23-35)41-17-11-38(12-18-41)52-31-43(47)53-44(3,4)5/h6-28H,29-31H2,1-5H3. The smallest absolute Gasteiger partial charge is 0.344 e. The van der Waals surface area contributed by atoms with Crippen LogP contribution in [0.25, 0.3) is 0 Å². The molecule has 0 N–H and O–H groups in total. The lowest BCUT2D eigenvalue weighted by Gasteiger charge is -2.39. The number of carbonyl (C=O) groups is 1. The van der Waals surface area contributed by atoms with E-state index in [2.05, 4.69) is 9.97 Å². The number of hydrogen-bond donors (Lipinski definition) is 0. The normalized spacial score (nSPS) is 12.1. The number of esters is 1. The zero-order valence-electron chi connectivity index (χ0n) is 31.9. The van der Waals surface area contributed by atoms with Crippen LogP contribution < -0.4 is 14.2 Å². The number of carbonyl (C=O) groups excluding carboxylic acids is 1. The average Bonchev–Trinajstić information content (AvgIpc) is 3.18. The fraction of sp³-hybridized carbons (Fsp3) is 0.205. The molecule has 56 heavy (non-hydrogen) atoms.